The SMILES string of the molecule is Cc1ccc2cc(C)c(N/N=C/c3ccc(Cl)cc3Cl)nc2c1. The van der Waals surface area contributed by atoms with Crippen LogP contribution in [-0.4, -0.2) is 11.2 Å². The van der Waals surface area contributed by atoms with E-state index in [1.54, 1.807) is 18.3 Å². The number of pyridine rings is 1. The van der Waals surface area contributed by atoms with E-state index in [9.17, 15) is 0 Å². The van der Waals surface area contributed by atoms with Gasteiger partial charge in [0.15, 0.2) is 0 Å². The molecule has 1 heterocycles. The molecule has 2 aromatic carbocycles. The summed E-state index contributed by atoms with van der Waals surface area (Å²) in [6.07, 6.45) is 1.65. The largest absolute Gasteiger partial charge is 0.261 e. The topological polar surface area (TPSA) is 37.3 Å². The van der Waals surface area contributed by atoms with Crippen LogP contribution >= 0.6 is 23.2 Å². The number of aromatic nitrogens is 1. The number of hydrogen-bond donors (Lipinski definition) is 1. The Morgan fingerprint density at radius 2 is 1.87 bits per heavy atom. The molecule has 3 aromatic rings. The van der Waals surface area contributed by atoms with Crippen molar-refractivity contribution in [1.82, 2.24) is 4.98 Å². The van der Waals surface area contributed by atoms with E-state index in [0.717, 1.165) is 27.8 Å². The van der Waals surface area contributed by atoms with Crippen molar-refractivity contribution in [2.45, 2.75) is 13.8 Å². The maximum Gasteiger partial charge on any atom is 0.149 e. The smallest absolute Gasteiger partial charge is 0.149 e. The number of fused-ring (bicyclic) bond motifs is 1. The number of hydrazone groups is 1. The Morgan fingerprint density at radius 1 is 1.04 bits per heavy atom. The molecule has 23 heavy (non-hydrogen) atoms. The van der Waals surface area contributed by atoms with Crippen LogP contribution in [0.1, 0.15) is 16.7 Å². The molecule has 0 spiro atoms. The minimum absolute atomic E-state index is 0.557. The number of benzene rings is 2. The molecule has 0 bridgehead atoms. The Kier molecular flexibility index (Phi) is 4.51. The van der Waals surface area contributed by atoms with Gasteiger partial charge in [0.1, 0.15) is 5.82 Å². The van der Waals surface area contributed by atoms with Crippen molar-refractivity contribution in [3.8, 4) is 0 Å². The zero-order valence-electron chi connectivity index (χ0n) is 12.8. The van der Waals surface area contributed by atoms with Gasteiger partial charge in [-0.1, -0.05) is 41.4 Å². The van der Waals surface area contributed by atoms with Crippen molar-refractivity contribution >= 4 is 46.1 Å². The highest BCUT2D eigenvalue weighted by Crippen LogP contribution is 2.22. The van der Waals surface area contributed by atoms with Crippen LogP contribution in [0.15, 0.2) is 47.6 Å². The van der Waals surface area contributed by atoms with Crippen molar-refractivity contribution in [3.63, 3.8) is 0 Å². The monoisotopic (exact) mass is 343 g/mol. The van der Waals surface area contributed by atoms with Gasteiger partial charge in [-0.05, 0) is 49.2 Å². The van der Waals surface area contributed by atoms with Crippen LogP contribution in [0, 0.1) is 13.8 Å². The lowest BCUT2D eigenvalue weighted by atomic mass is 10.1. The first-order chi connectivity index (χ1) is 11.0. The third-order valence-electron chi connectivity index (χ3n) is 3.50. The Bertz CT molecular complexity index is 904. The van der Waals surface area contributed by atoms with E-state index in [4.69, 9.17) is 23.2 Å². The van der Waals surface area contributed by atoms with E-state index in [0.29, 0.717) is 10.0 Å². The van der Waals surface area contributed by atoms with E-state index in [-0.39, 0.29) is 0 Å². The van der Waals surface area contributed by atoms with Gasteiger partial charge in [0.25, 0.3) is 0 Å². The summed E-state index contributed by atoms with van der Waals surface area (Å²) < 4.78 is 0. The van der Waals surface area contributed by atoms with Crippen LogP contribution in [0.2, 0.25) is 10.0 Å². The van der Waals surface area contributed by atoms with Crippen molar-refractivity contribution in [2.75, 3.05) is 5.43 Å². The molecule has 0 aliphatic heterocycles. The molecule has 3 rings (SSSR count). The lowest BCUT2D eigenvalue weighted by Gasteiger charge is -2.07. The normalized spacial score (nSPS) is 11.3. The predicted octanol–water partition coefficient (Wildman–Crippen LogP) is 5.60. The third-order valence-corrected chi connectivity index (χ3v) is 4.06. The minimum atomic E-state index is 0.557. The summed E-state index contributed by atoms with van der Waals surface area (Å²) in [4.78, 5) is 4.62. The number of nitrogens with one attached hydrogen (secondary N) is 1. The van der Waals surface area contributed by atoms with Gasteiger partial charge in [-0.2, -0.15) is 5.10 Å². The molecule has 0 saturated carbocycles. The molecule has 0 aliphatic rings. The molecular formula is C18H15Cl2N3. The molecule has 0 unspecified atom stereocenters. The second kappa shape index (κ2) is 6.57. The summed E-state index contributed by atoms with van der Waals surface area (Å²) in [7, 11) is 0. The quantitative estimate of drug-likeness (QED) is 0.496. The standard InChI is InChI=1S/C18H15Cl2N3/c1-11-3-4-13-8-12(2)18(22-17(13)7-11)23-21-10-14-5-6-15(19)9-16(14)20/h3-10H,1-2H3,(H,22,23)/b21-10+. The van der Waals surface area contributed by atoms with Crippen LogP contribution in [0.4, 0.5) is 5.82 Å². The fraction of sp³-hybridized carbons (Fsp3) is 0.111. The summed E-state index contributed by atoms with van der Waals surface area (Å²) in [5.41, 5.74) is 6.92. The summed E-state index contributed by atoms with van der Waals surface area (Å²) in [6, 6.07) is 13.6. The number of nitrogens with zero attached hydrogens (tertiary/aromatic N) is 2. The molecule has 0 amide bonds. The van der Waals surface area contributed by atoms with Gasteiger partial charge >= 0.3 is 0 Å². The molecular weight excluding hydrogens is 329 g/mol. The summed E-state index contributed by atoms with van der Waals surface area (Å²) in [6.45, 7) is 4.05. The summed E-state index contributed by atoms with van der Waals surface area (Å²) in [5.74, 6) is 0.726. The first-order valence-corrected chi connectivity index (χ1v) is 7.91. The van der Waals surface area contributed by atoms with Crippen molar-refractivity contribution in [2.24, 2.45) is 5.10 Å². The molecule has 1 aromatic heterocycles. The minimum Gasteiger partial charge on any atom is -0.261 e. The average molecular weight is 344 g/mol. The predicted molar refractivity (Wildman–Crippen MR) is 98.9 cm³/mol. The maximum absolute atomic E-state index is 6.12. The zero-order chi connectivity index (χ0) is 16.4. The number of anilines is 1. The molecule has 0 atom stereocenters. The van der Waals surface area contributed by atoms with Crippen LogP contribution in [-0.2, 0) is 0 Å². The van der Waals surface area contributed by atoms with Crippen LogP contribution < -0.4 is 5.43 Å². The van der Waals surface area contributed by atoms with E-state index >= 15 is 0 Å². The average Bonchev–Trinajstić information content (AvgIpc) is 2.50. The molecule has 0 saturated heterocycles. The van der Waals surface area contributed by atoms with Gasteiger partial charge in [0.2, 0.25) is 0 Å². The number of hydrogen-bond acceptors (Lipinski definition) is 3. The van der Waals surface area contributed by atoms with E-state index < -0.39 is 0 Å². The molecule has 0 fully saturated rings. The van der Waals surface area contributed by atoms with E-state index in [1.807, 2.05) is 13.0 Å². The highest BCUT2D eigenvalue weighted by Gasteiger charge is 2.03. The van der Waals surface area contributed by atoms with Gasteiger partial charge in [0, 0.05) is 16.0 Å². The molecule has 116 valence electrons. The number of rotatable bonds is 3. The van der Waals surface area contributed by atoms with Crippen LogP contribution in [0.5, 0.6) is 0 Å². The van der Waals surface area contributed by atoms with E-state index in [1.165, 1.54) is 5.56 Å². The van der Waals surface area contributed by atoms with Crippen molar-refractivity contribution < 1.29 is 0 Å². The van der Waals surface area contributed by atoms with Gasteiger partial charge < -0.3 is 0 Å². The number of aryl methyl sites for hydroxylation is 2. The van der Waals surface area contributed by atoms with Gasteiger partial charge in [-0.25, -0.2) is 4.98 Å². The zero-order valence-corrected chi connectivity index (χ0v) is 14.3. The molecule has 1 N–H and O–H groups in total. The van der Waals surface area contributed by atoms with Gasteiger partial charge in [-0.3, -0.25) is 5.43 Å². The molecule has 5 heteroatoms. The molecule has 0 radical (unpaired) electrons. The Balaban J connectivity index is 1.86. The maximum atomic E-state index is 6.12. The fourth-order valence-electron chi connectivity index (χ4n) is 2.27. The highest BCUT2D eigenvalue weighted by molar-refractivity contribution is 6.36. The lowest BCUT2D eigenvalue weighted by molar-refractivity contribution is 1.22. The first kappa shape index (κ1) is 15.8. The molecule has 0 aliphatic carbocycles. The van der Waals surface area contributed by atoms with Gasteiger partial charge in [0.05, 0.1) is 16.8 Å². The number of halogens is 2. The Labute approximate surface area is 145 Å². The lowest BCUT2D eigenvalue weighted by Crippen LogP contribution is -1.97. The summed E-state index contributed by atoms with van der Waals surface area (Å²) in [5, 5.41) is 6.50. The summed E-state index contributed by atoms with van der Waals surface area (Å²) >= 11 is 12.0. The van der Waals surface area contributed by atoms with Crippen LogP contribution in [0.25, 0.3) is 10.9 Å². The Morgan fingerprint density at radius 3 is 2.65 bits per heavy atom. The highest BCUT2D eigenvalue weighted by atomic mass is 35.5. The van der Waals surface area contributed by atoms with E-state index in [2.05, 4.69) is 46.7 Å². The Hall–Kier alpha value is -2.10. The van der Waals surface area contributed by atoms with Gasteiger partial charge in [-0.15, -0.1) is 0 Å². The fourth-order valence-corrected chi connectivity index (χ4v) is 2.72. The second-order valence-electron chi connectivity index (χ2n) is 5.39. The second-order valence-corrected chi connectivity index (χ2v) is 6.23. The first-order valence-electron chi connectivity index (χ1n) is 7.15. The van der Waals surface area contributed by atoms with Crippen molar-refractivity contribution in [1.29, 1.82) is 0 Å². The molecule has 3 nitrogen and oxygen atoms in total. The third kappa shape index (κ3) is 3.63. The van der Waals surface area contributed by atoms with Crippen molar-refractivity contribution in [3.05, 3.63) is 69.2 Å². The van der Waals surface area contributed by atoms with Crippen LogP contribution in [0.3, 0.4) is 0 Å².